The fraction of sp³-hybridized carbons (Fsp3) is 0.357. The van der Waals surface area contributed by atoms with Crippen molar-refractivity contribution in [2.45, 2.75) is 0 Å². The maximum absolute atomic E-state index is 12.0. The van der Waals surface area contributed by atoms with Gasteiger partial charge in [-0.15, -0.1) is 0 Å². The predicted molar refractivity (Wildman–Crippen MR) is 74.7 cm³/mol. The number of nitrogens with two attached hydrogens (primary N) is 1. The molecule has 0 aliphatic carbocycles. The fourth-order valence-electron chi connectivity index (χ4n) is 2.05. The van der Waals surface area contributed by atoms with Crippen LogP contribution in [0.3, 0.4) is 0 Å². The molecule has 2 N–H and O–H groups in total. The number of carbonyl (C=O) groups excluding carboxylic acids is 3. The maximum atomic E-state index is 12.0. The smallest absolute Gasteiger partial charge is 0.260 e. The molecule has 0 spiro atoms. The molecule has 1 fully saturated rings. The van der Waals surface area contributed by atoms with Crippen molar-refractivity contribution < 1.29 is 19.1 Å². The molecule has 0 bridgehead atoms. The second kappa shape index (κ2) is 6.74. The molecular formula is C14H17N3O4. The van der Waals surface area contributed by atoms with Crippen molar-refractivity contribution >= 4 is 18.2 Å². The Morgan fingerprint density at radius 2 is 1.95 bits per heavy atom. The second-order valence-corrected chi connectivity index (χ2v) is 4.70. The van der Waals surface area contributed by atoms with Gasteiger partial charge in [-0.2, -0.15) is 0 Å². The van der Waals surface area contributed by atoms with Gasteiger partial charge in [-0.05, 0) is 18.2 Å². The zero-order chi connectivity index (χ0) is 15.2. The summed E-state index contributed by atoms with van der Waals surface area (Å²) in [5.74, 6) is -0.270. The van der Waals surface area contributed by atoms with Crippen LogP contribution in [0.1, 0.15) is 10.4 Å². The molecule has 7 heteroatoms. The van der Waals surface area contributed by atoms with E-state index in [1.807, 2.05) is 0 Å². The number of hydrogen-bond donors (Lipinski definition) is 1. The van der Waals surface area contributed by atoms with Crippen LogP contribution in [0.25, 0.3) is 0 Å². The SMILES string of the molecule is NC(=O)c1cccc(OCC(=O)N2CCN(C=O)CC2)c1. The lowest BCUT2D eigenvalue weighted by Gasteiger charge is -2.32. The molecule has 0 aromatic heterocycles. The molecule has 112 valence electrons. The summed E-state index contributed by atoms with van der Waals surface area (Å²) in [6, 6.07) is 6.38. The largest absolute Gasteiger partial charge is 0.484 e. The van der Waals surface area contributed by atoms with Crippen LogP contribution in [0.4, 0.5) is 0 Å². The number of benzene rings is 1. The van der Waals surface area contributed by atoms with Crippen molar-refractivity contribution in [1.29, 1.82) is 0 Å². The molecule has 1 aromatic carbocycles. The molecule has 1 aliphatic rings. The minimum atomic E-state index is -0.545. The Labute approximate surface area is 122 Å². The van der Waals surface area contributed by atoms with Crippen LogP contribution in [0.2, 0.25) is 0 Å². The molecular weight excluding hydrogens is 274 g/mol. The third-order valence-electron chi connectivity index (χ3n) is 3.30. The lowest BCUT2D eigenvalue weighted by Crippen LogP contribution is -2.49. The summed E-state index contributed by atoms with van der Waals surface area (Å²) < 4.78 is 5.38. The van der Waals surface area contributed by atoms with E-state index in [9.17, 15) is 14.4 Å². The average molecular weight is 291 g/mol. The topological polar surface area (TPSA) is 92.9 Å². The van der Waals surface area contributed by atoms with E-state index in [1.165, 1.54) is 6.07 Å². The normalized spacial score (nSPS) is 14.7. The molecule has 0 radical (unpaired) electrons. The van der Waals surface area contributed by atoms with Gasteiger partial charge in [0.2, 0.25) is 12.3 Å². The van der Waals surface area contributed by atoms with Gasteiger partial charge >= 0.3 is 0 Å². The Kier molecular flexibility index (Phi) is 4.76. The van der Waals surface area contributed by atoms with Crippen molar-refractivity contribution in [3.05, 3.63) is 29.8 Å². The highest BCUT2D eigenvalue weighted by Crippen LogP contribution is 2.13. The van der Waals surface area contributed by atoms with E-state index in [1.54, 1.807) is 28.0 Å². The molecule has 1 saturated heterocycles. The highest BCUT2D eigenvalue weighted by atomic mass is 16.5. The molecule has 0 saturated carbocycles. The monoisotopic (exact) mass is 291 g/mol. The number of nitrogens with zero attached hydrogens (tertiary/aromatic N) is 2. The lowest BCUT2D eigenvalue weighted by molar-refractivity contribution is -0.137. The highest BCUT2D eigenvalue weighted by molar-refractivity contribution is 5.93. The zero-order valence-corrected chi connectivity index (χ0v) is 11.5. The number of rotatable bonds is 5. The molecule has 0 atom stereocenters. The van der Waals surface area contributed by atoms with Gasteiger partial charge in [0.15, 0.2) is 6.61 Å². The van der Waals surface area contributed by atoms with Gasteiger partial charge in [0.05, 0.1) is 0 Å². The van der Waals surface area contributed by atoms with E-state index >= 15 is 0 Å². The molecule has 1 aliphatic heterocycles. The van der Waals surface area contributed by atoms with E-state index < -0.39 is 5.91 Å². The number of piperazine rings is 1. The summed E-state index contributed by atoms with van der Waals surface area (Å²) in [5, 5.41) is 0. The van der Waals surface area contributed by atoms with E-state index in [-0.39, 0.29) is 12.5 Å². The molecule has 1 heterocycles. The molecule has 1 aromatic rings. The summed E-state index contributed by atoms with van der Waals surface area (Å²) in [7, 11) is 0. The number of primary amides is 1. The first-order chi connectivity index (χ1) is 10.1. The molecule has 0 unspecified atom stereocenters. The highest BCUT2D eigenvalue weighted by Gasteiger charge is 2.20. The van der Waals surface area contributed by atoms with Gasteiger partial charge in [0.25, 0.3) is 5.91 Å². The predicted octanol–water partition coefficient (Wildman–Crippen LogP) is -0.535. The number of ether oxygens (including phenoxy) is 1. The average Bonchev–Trinajstić information content (AvgIpc) is 2.53. The van der Waals surface area contributed by atoms with Gasteiger partial charge in [0, 0.05) is 31.7 Å². The lowest BCUT2D eigenvalue weighted by atomic mass is 10.2. The summed E-state index contributed by atoms with van der Waals surface area (Å²) >= 11 is 0. The second-order valence-electron chi connectivity index (χ2n) is 4.70. The van der Waals surface area contributed by atoms with Gasteiger partial charge in [0.1, 0.15) is 5.75 Å². The van der Waals surface area contributed by atoms with Gasteiger partial charge in [-0.3, -0.25) is 14.4 Å². The van der Waals surface area contributed by atoms with Crippen molar-refractivity contribution in [3.63, 3.8) is 0 Å². The fourth-order valence-corrected chi connectivity index (χ4v) is 2.05. The van der Waals surface area contributed by atoms with Crippen LogP contribution < -0.4 is 10.5 Å². The van der Waals surface area contributed by atoms with Crippen LogP contribution in [-0.4, -0.2) is 60.8 Å². The van der Waals surface area contributed by atoms with E-state index in [2.05, 4.69) is 0 Å². The first-order valence-electron chi connectivity index (χ1n) is 6.60. The summed E-state index contributed by atoms with van der Waals surface area (Å²) in [6.07, 6.45) is 0.785. The van der Waals surface area contributed by atoms with Crippen LogP contribution in [0.15, 0.2) is 24.3 Å². The van der Waals surface area contributed by atoms with Crippen molar-refractivity contribution in [1.82, 2.24) is 9.80 Å². The Morgan fingerprint density at radius 1 is 1.24 bits per heavy atom. The van der Waals surface area contributed by atoms with Gasteiger partial charge in [-0.25, -0.2) is 0 Å². The minimum absolute atomic E-state index is 0.108. The number of carbonyl (C=O) groups is 3. The van der Waals surface area contributed by atoms with Gasteiger partial charge in [-0.1, -0.05) is 6.07 Å². The Morgan fingerprint density at radius 3 is 2.57 bits per heavy atom. The summed E-state index contributed by atoms with van der Waals surface area (Å²) in [5.41, 5.74) is 5.51. The quantitative estimate of drug-likeness (QED) is 0.738. The van der Waals surface area contributed by atoms with E-state index in [4.69, 9.17) is 10.5 Å². The van der Waals surface area contributed by atoms with Crippen molar-refractivity contribution in [2.24, 2.45) is 5.73 Å². The Hall–Kier alpha value is -2.57. The standard InChI is InChI=1S/C14H17N3O4/c15-14(20)11-2-1-3-12(8-11)21-9-13(19)17-6-4-16(10-18)5-7-17/h1-3,8,10H,4-7,9H2,(H2,15,20). The van der Waals surface area contributed by atoms with Crippen LogP contribution in [-0.2, 0) is 9.59 Å². The maximum Gasteiger partial charge on any atom is 0.260 e. The third kappa shape index (κ3) is 3.95. The molecule has 7 nitrogen and oxygen atoms in total. The number of hydrogen-bond acceptors (Lipinski definition) is 4. The summed E-state index contributed by atoms with van der Waals surface area (Å²) in [4.78, 5) is 36.9. The molecule has 2 rings (SSSR count). The van der Waals surface area contributed by atoms with Crippen molar-refractivity contribution in [3.8, 4) is 5.75 Å². The van der Waals surface area contributed by atoms with Crippen LogP contribution in [0, 0.1) is 0 Å². The Balaban J connectivity index is 1.85. The van der Waals surface area contributed by atoms with Gasteiger partial charge < -0.3 is 20.3 Å². The van der Waals surface area contributed by atoms with Crippen molar-refractivity contribution in [2.75, 3.05) is 32.8 Å². The Bertz CT molecular complexity index is 539. The first-order valence-corrected chi connectivity index (χ1v) is 6.60. The first kappa shape index (κ1) is 14.8. The summed E-state index contributed by atoms with van der Waals surface area (Å²) in [6.45, 7) is 1.96. The third-order valence-corrected chi connectivity index (χ3v) is 3.30. The molecule has 21 heavy (non-hydrogen) atoms. The number of amides is 3. The van der Waals surface area contributed by atoms with E-state index in [0.717, 1.165) is 6.41 Å². The minimum Gasteiger partial charge on any atom is -0.484 e. The van der Waals surface area contributed by atoms with E-state index in [0.29, 0.717) is 37.5 Å². The molecule has 3 amide bonds. The van der Waals surface area contributed by atoms with Crippen LogP contribution in [0.5, 0.6) is 5.75 Å². The van der Waals surface area contributed by atoms with Crippen LogP contribution >= 0.6 is 0 Å². The zero-order valence-electron chi connectivity index (χ0n) is 11.5.